The number of aromatic nitrogens is 1. The Morgan fingerprint density at radius 1 is 0.860 bits per heavy atom. The van der Waals surface area contributed by atoms with Crippen LogP contribution in [-0.4, -0.2) is 55.3 Å². The predicted octanol–water partition coefficient (Wildman–Crippen LogP) is 5.49. The van der Waals surface area contributed by atoms with Gasteiger partial charge in [-0.05, 0) is 87.1 Å². The highest BCUT2D eigenvalue weighted by molar-refractivity contribution is 7.51. The number of Topliss-reactive ketones (excluding diaryl/α,β-unsaturated/α-hetero) is 1. The zero-order valence-corrected chi connectivity index (χ0v) is 25.0. The molecule has 10 heteroatoms. The summed E-state index contributed by atoms with van der Waals surface area (Å²) in [4.78, 5) is 32.1. The number of carbonyl (C=O) groups excluding carboxylic acids is 2. The molecule has 2 heterocycles. The lowest BCUT2D eigenvalue weighted by atomic mass is 9.83. The van der Waals surface area contributed by atoms with Crippen LogP contribution >= 0.6 is 0 Å². The zero-order chi connectivity index (χ0) is 30.6. The Morgan fingerprint density at radius 2 is 1.42 bits per heavy atom. The molecule has 43 heavy (non-hydrogen) atoms. The third-order valence-corrected chi connectivity index (χ3v) is 7.91. The number of rotatable bonds is 8. The number of hydrogen-bond acceptors (Lipinski definition) is 8. The average Bonchev–Trinajstić information content (AvgIpc) is 3.04. The van der Waals surface area contributed by atoms with E-state index in [0.717, 1.165) is 50.0 Å². The van der Waals surface area contributed by atoms with Crippen molar-refractivity contribution in [2.45, 2.75) is 64.1 Å². The van der Waals surface area contributed by atoms with Gasteiger partial charge in [0.25, 0.3) is 5.91 Å². The van der Waals surface area contributed by atoms with Gasteiger partial charge in [-0.1, -0.05) is 17.7 Å². The van der Waals surface area contributed by atoms with Gasteiger partial charge >= 0.3 is 11.6 Å². The van der Waals surface area contributed by atoms with Gasteiger partial charge in [-0.25, -0.2) is 0 Å². The summed E-state index contributed by atoms with van der Waals surface area (Å²) in [7, 11) is 0. The number of likely N-dealkylation sites (tertiary alicyclic amines) is 1. The Kier molecular flexibility index (Phi) is 11.6. The number of benzene rings is 2. The Balaban J connectivity index is 0.00000135. The highest BCUT2D eigenvalue weighted by Gasteiger charge is 2.27. The number of ether oxygens (including phenoxy) is 2. The number of ketones is 1. The number of aryl methyl sites for hydroxylation is 1. The van der Waals surface area contributed by atoms with Crippen LogP contribution in [0.15, 0.2) is 66.9 Å². The Hall–Kier alpha value is -4.36. The minimum absolute atomic E-state index is 0.0667. The molecule has 9 nitrogen and oxygen atoms in total. The topological polar surface area (TPSA) is 127 Å². The molecule has 1 saturated heterocycles. The molecule has 1 aromatic heterocycles. The highest BCUT2D eigenvalue weighted by atomic mass is 32.1. The monoisotopic (exact) mass is 601 g/mol. The van der Waals surface area contributed by atoms with Crippen LogP contribution in [-0.2, 0) is 11.6 Å². The Bertz CT molecular complexity index is 1430. The van der Waals surface area contributed by atoms with Crippen LogP contribution in [0.2, 0.25) is 0 Å². The lowest BCUT2D eigenvalue weighted by Crippen LogP contribution is -2.42. The maximum Gasteiger partial charge on any atom is 0.335 e. The SMILES string of the molecule is Cc1ccc(OC2CCN(C(=O)c3ccc(C(=O)CC4CCC(Oc5ccc(C#N)cc5)CC4)cn3)CC2)cc1.O=S=O. The summed E-state index contributed by atoms with van der Waals surface area (Å²) in [5.41, 5.74) is 2.74. The number of amides is 1. The van der Waals surface area contributed by atoms with E-state index in [1.165, 1.54) is 5.56 Å². The second-order valence-electron chi connectivity index (χ2n) is 10.9. The molecule has 2 aromatic carbocycles. The van der Waals surface area contributed by atoms with Crippen molar-refractivity contribution in [2.75, 3.05) is 13.1 Å². The van der Waals surface area contributed by atoms with E-state index >= 15 is 0 Å². The van der Waals surface area contributed by atoms with E-state index in [1.807, 2.05) is 48.2 Å². The molecule has 224 valence electrons. The summed E-state index contributed by atoms with van der Waals surface area (Å²) < 4.78 is 28.7. The van der Waals surface area contributed by atoms with Crippen LogP contribution in [0.1, 0.15) is 76.9 Å². The molecular weight excluding hydrogens is 566 g/mol. The van der Waals surface area contributed by atoms with Crippen LogP contribution in [0, 0.1) is 24.2 Å². The first-order valence-corrected chi connectivity index (χ1v) is 15.2. The fourth-order valence-corrected chi connectivity index (χ4v) is 5.47. The van der Waals surface area contributed by atoms with Crippen LogP contribution in [0.3, 0.4) is 0 Å². The molecule has 0 spiro atoms. The predicted molar refractivity (Wildman–Crippen MR) is 160 cm³/mol. The number of hydrogen-bond donors (Lipinski definition) is 0. The van der Waals surface area contributed by atoms with Crippen molar-refractivity contribution in [2.24, 2.45) is 5.92 Å². The smallest absolute Gasteiger partial charge is 0.335 e. The lowest BCUT2D eigenvalue weighted by molar-refractivity contribution is 0.0589. The summed E-state index contributed by atoms with van der Waals surface area (Å²) in [5.74, 6) is 1.92. The van der Waals surface area contributed by atoms with Crippen LogP contribution in [0.5, 0.6) is 11.5 Å². The molecule has 0 bridgehead atoms. The van der Waals surface area contributed by atoms with Gasteiger partial charge < -0.3 is 14.4 Å². The first-order valence-electron chi connectivity index (χ1n) is 14.5. The molecule has 2 aliphatic rings. The van der Waals surface area contributed by atoms with E-state index in [0.29, 0.717) is 42.2 Å². The maximum absolute atomic E-state index is 13.0. The van der Waals surface area contributed by atoms with E-state index in [4.69, 9.17) is 23.2 Å². The van der Waals surface area contributed by atoms with Gasteiger partial charge in [-0.3, -0.25) is 14.6 Å². The third kappa shape index (κ3) is 9.32. The van der Waals surface area contributed by atoms with Crippen LogP contribution in [0.4, 0.5) is 0 Å². The van der Waals surface area contributed by atoms with Crippen molar-refractivity contribution in [1.29, 1.82) is 5.26 Å². The van der Waals surface area contributed by atoms with Gasteiger partial charge in [0.2, 0.25) is 0 Å². The van der Waals surface area contributed by atoms with E-state index in [1.54, 1.807) is 30.5 Å². The van der Waals surface area contributed by atoms with Crippen molar-refractivity contribution in [3.8, 4) is 17.6 Å². The van der Waals surface area contributed by atoms with E-state index in [9.17, 15) is 9.59 Å². The number of nitrogens with zero attached hydrogens (tertiary/aromatic N) is 3. The summed E-state index contributed by atoms with van der Waals surface area (Å²) in [6.07, 6.45) is 7.46. The minimum atomic E-state index is -0.750. The fraction of sp³-hybridized carbons (Fsp3) is 0.394. The third-order valence-electron chi connectivity index (χ3n) is 7.91. The molecule has 2 fully saturated rings. The number of carbonyl (C=O) groups is 2. The number of nitriles is 1. The first-order chi connectivity index (χ1) is 20.9. The van der Waals surface area contributed by atoms with Crippen molar-refractivity contribution in [3.05, 3.63) is 89.2 Å². The molecule has 0 N–H and O–H groups in total. The van der Waals surface area contributed by atoms with Gasteiger partial charge in [-0.2, -0.15) is 13.7 Å². The second kappa shape index (κ2) is 15.8. The quantitative estimate of drug-likeness (QED) is 0.311. The molecule has 5 rings (SSSR count). The molecule has 1 amide bonds. The Labute approximate surface area is 255 Å². The number of pyridine rings is 1. The zero-order valence-electron chi connectivity index (χ0n) is 24.1. The molecule has 3 aromatic rings. The fourth-order valence-electron chi connectivity index (χ4n) is 5.47. The molecule has 1 aliphatic heterocycles. The summed E-state index contributed by atoms with van der Waals surface area (Å²) in [6.45, 7) is 3.29. The van der Waals surface area contributed by atoms with Crippen molar-refractivity contribution >= 4 is 23.3 Å². The number of piperidine rings is 1. The molecule has 0 atom stereocenters. The average molecular weight is 602 g/mol. The van der Waals surface area contributed by atoms with Gasteiger partial charge in [0, 0.05) is 44.1 Å². The van der Waals surface area contributed by atoms with Gasteiger partial charge in [0.05, 0.1) is 17.7 Å². The van der Waals surface area contributed by atoms with Crippen molar-refractivity contribution in [1.82, 2.24) is 9.88 Å². The lowest BCUT2D eigenvalue weighted by Gasteiger charge is -2.32. The van der Waals surface area contributed by atoms with Gasteiger partial charge in [-0.15, -0.1) is 0 Å². The van der Waals surface area contributed by atoms with Gasteiger partial charge in [0.15, 0.2) is 5.78 Å². The largest absolute Gasteiger partial charge is 0.490 e. The minimum Gasteiger partial charge on any atom is -0.490 e. The van der Waals surface area contributed by atoms with E-state index in [-0.39, 0.29) is 23.9 Å². The second-order valence-corrected chi connectivity index (χ2v) is 11.1. The molecule has 0 radical (unpaired) electrons. The molecule has 1 aliphatic carbocycles. The molecule has 1 saturated carbocycles. The van der Waals surface area contributed by atoms with Crippen LogP contribution in [0.25, 0.3) is 0 Å². The summed E-state index contributed by atoms with van der Waals surface area (Å²) in [5, 5.41) is 8.93. The molecule has 0 unspecified atom stereocenters. The Morgan fingerprint density at radius 3 is 1.95 bits per heavy atom. The maximum atomic E-state index is 13.0. The normalized spacial score (nSPS) is 18.4. The van der Waals surface area contributed by atoms with Crippen molar-refractivity contribution < 1.29 is 27.5 Å². The van der Waals surface area contributed by atoms with E-state index in [2.05, 4.69) is 11.1 Å². The first kappa shape index (κ1) is 31.6. The van der Waals surface area contributed by atoms with Gasteiger partial charge in [0.1, 0.15) is 23.3 Å². The summed E-state index contributed by atoms with van der Waals surface area (Å²) >= 11 is -0.750. The van der Waals surface area contributed by atoms with Crippen molar-refractivity contribution in [3.63, 3.8) is 0 Å². The highest BCUT2D eigenvalue weighted by Crippen LogP contribution is 2.31. The van der Waals surface area contributed by atoms with E-state index < -0.39 is 11.6 Å². The standard InChI is InChI=1S/C33H35N3O4.O2S/c1-23-2-9-27(10-3-23)40-30-16-18-36(19-17-30)33(38)31-15-8-26(22-35-31)32(37)20-24-4-11-28(12-5-24)39-29-13-6-25(21-34)7-14-29;1-3-2/h2-3,6-10,13-15,22,24,28,30H,4-5,11-12,16-20H2,1H3;. The van der Waals surface area contributed by atoms with Crippen LogP contribution < -0.4 is 9.47 Å². The molecular formula is C33H35N3O6S. The summed E-state index contributed by atoms with van der Waals surface area (Å²) in [6, 6.07) is 20.7.